The molecule has 23 heavy (non-hydrogen) atoms. The van der Waals surface area contributed by atoms with Crippen LogP contribution in [-0.2, 0) is 0 Å². The Morgan fingerprint density at radius 1 is 0.913 bits per heavy atom. The van der Waals surface area contributed by atoms with Gasteiger partial charge in [0.05, 0.1) is 0 Å². The molecule has 0 saturated carbocycles. The number of hydrogen-bond donors (Lipinski definition) is 0. The Morgan fingerprint density at radius 3 is 2.52 bits per heavy atom. The third kappa shape index (κ3) is 2.20. The Hall–Kier alpha value is -2.68. The van der Waals surface area contributed by atoms with Crippen LogP contribution in [0, 0.1) is 0 Å². The fourth-order valence-corrected chi connectivity index (χ4v) is 2.96. The number of nitrogens with zero attached hydrogens (tertiary/aromatic N) is 1. The maximum atomic E-state index is 6.32. The molecule has 0 bridgehead atoms. The molecule has 0 fully saturated rings. The minimum absolute atomic E-state index is 0.839. The smallest absolute Gasteiger partial charge is 0.294 e. The molecule has 0 aromatic heterocycles. The van der Waals surface area contributed by atoms with Crippen LogP contribution in [0.2, 0.25) is 0 Å². The fraction of sp³-hybridized carbons (Fsp3) is 0.200. The van der Waals surface area contributed by atoms with E-state index in [0.717, 1.165) is 33.9 Å². The van der Waals surface area contributed by atoms with Crippen LogP contribution in [0.25, 0.3) is 12.2 Å². The van der Waals surface area contributed by atoms with Crippen LogP contribution < -0.4 is 14.4 Å². The van der Waals surface area contributed by atoms with E-state index in [0.29, 0.717) is 0 Å². The van der Waals surface area contributed by atoms with Gasteiger partial charge in [0.2, 0.25) is 0 Å². The highest BCUT2D eigenvalue weighted by Crippen LogP contribution is 2.42. The summed E-state index contributed by atoms with van der Waals surface area (Å²) >= 11 is 0. The van der Waals surface area contributed by atoms with Crippen molar-refractivity contribution in [3.8, 4) is 11.5 Å². The minimum Gasteiger partial charge on any atom is -0.444 e. The van der Waals surface area contributed by atoms with Crippen molar-refractivity contribution in [2.24, 2.45) is 0 Å². The second kappa shape index (κ2) is 4.92. The van der Waals surface area contributed by atoms with Gasteiger partial charge in [-0.3, -0.25) is 0 Å². The van der Waals surface area contributed by atoms with Crippen molar-refractivity contribution in [2.75, 3.05) is 19.0 Å². The summed E-state index contributed by atoms with van der Waals surface area (Å²) in [5.41, 5.74) is 4.29. The van der Waals surface area contributed by atoms with E-state index in [2.05, 4.69) is 35.3 Å². The van der Waals surface area contributed by atoms with Crippen molar-refractivity contribution >= 4 is 17.8 Å². The normalized spacial score (nSPS) is 20.9. The van der Waals surface area contributed by atoms with Crippen LogP contribution in [0.5, 0.6) is 11.5 Å². The standard InChI is InChI=1S/C20H19NO2/c1-14-12-16-8-9-17(21(2)3)13-19(16)23-20(14)11-10-15-6-4-5-7-18(15)22-20/h4-13H,1-3H3. The van der Waals surface area contributed by atoms with Crippen molar-refractivity contribution in [1.29, 1.82) is 0 Å². The van der Waals surface area contributed by atoms with Gasteiger partial charge in [0.25, 0.3) is 5.79 Å². The van der Waals surface area contributed by atoms with Gasteiger partial charge in [-0.2, -0.15) is 0 Å². The SMILES string of the molecule is CC1=Cc2ccc(N(C)C)cc2OC12C=Cc1ccccc1O2. The molecule has 2 aliphatic rings. The van der Waals surface area contributed by atoms with Crippen molar-refractivity contribution < 1.29 is 9.47 Å². The van der Waals surface area contributed by atoms with E-state index in [1.165, 1.54) is 0 Å². The zero-order valence-corrected chi connectivity index (χ0v) is 13.5. The summed E-state index contributed by atoms with van der Waals surface area (Å²) in [5, 5.41) is 0. The molecule has 0 amide bonds. The second-order valence-electron chi connectivity index (χ2n) is 6.19. The van der Waals surface area contributed by atoms with E-state index in [-0.39, 0.29) is 0 Å². The summed E-state index contributed by atoms with van der Waals surface area (Å²) in [6.45, 7) is 2.04. The first-order chi connectivity index (χ1) is 11.1. The van der Waals surface area contributed by atoms with E-state index >= 15 is 0 Å². The van der Waals surface area contributed by atoms with Gasteiger partial charge >= 0.3 is 0 Å². The Kier molecular flexibility index (Phi) is 2.98. The largest absolute Gasteiger partial charge is 0.444 e. The van der Waals surface area contributed by atoms with E-state index in [1.54, 1.807) is 0 Å². The molecule has 0 N–H and O–H groups in total. The average molecular weight is 305 g/mol. The third-order valence-corrected chi connectivity index (χ3v) is 4.36. The molecule has 2 aromatic carbocycles. The molecule has 1 unspecified atom stereocenters. The molecule has 3 nitrogen and oxygen atoms in total. The van der Waals surface area contributed by atoms with Crippen LogP contribution >= 0.6 is 0 Å². The lowest BCUT2D eigenvalue weighted by molar-refractivity contribution is -0.0410. The predicted molar refractivity (Wildman–Crippen MR) is 93.9 cm³/mol. The van der Waals surface area contributed by atoms with Crippen molar-refractivity contribution in [2.45, 2.75) is 12.7 Å². The van der Waals surface area contributed by atoms with Gasteiger partial charge in [0, 0.05) is 48.6 Å². The van der Waals surface area contributed by atoms with Crippen molar-refractivity contribution in [1.82, 2.24) is 0 Å². The lowest BCUT2D eigenvalue weighted by atomic mass is 9.96. The predicted octanol–water partition coefficient (Wildman–Crippen LogP) is 4.35. The Labute approximate surface area is 136 Å². The summed E-state index contributed by atoms with van der Waals surface area (Å²) in [5.74, 6) is 0.826. The summed E-state index contributed by atoms with van der Waals surface area (Å²) in [6, 6.07) is 14.2. The monoisotopic (exact) mass is 305 g/mol. The first-order valence-corrected chi connectivity index (χ1v) is 7.74. The molecule has 2 aromatic rings. The second-order valence-corrected chi connectivity index (χ2v) is 6.19. The molecule has 2 heterocycles. The molecule has 0 saturated heterocycles. The van der Waals surface area contributed by atoms with Crippen LogP contribution in [0.1, 0.15) is 18.1 Å². The molecule has 0 radical (unpaired) electrons. The highest BCUT2D eigenvalue weighted by molar-refractivity contribution is 5.71. The van der Waals surface area contributed by atoms with Gasteiger partial charge < -0.3 is 14.4 Å². The van der Waals surface area contributed by atoms with Gasteiger partial charge in [-0.25, -0.2) is 0 Å². The van der Waals surface area contributed by atoms with Crippen LogP contribution in [0.3, 0.4) is 0 Å². The molecular formula is C20H19NO2. The number of ether oxygens (including phenoxy) is 2. The lowest BCUT2D eigenvalue weighted by Gasteiger charge is -2.38. The number of rotatable bonds is 1. The minimum atomic E-state index is -0.855. The Bertz CT molecular complexity index is 835. The first kappa shape index (κ1) is 13.9. The van der Waals surface area contributed by atoms with E-state index in [9.17, 15) is 0 Å². The number of para-hydroxylation sites is 1. The van der Waals surface area contributed by atoms with Gasteiger partial charge in [-0.15, -0.1) is 0 Å². The van der Waals surface area contributed by atoms with Gasteiger partial charge in [0.15, 0.2) is 0 Å². The molecule has 1 spiro atoms. The fourth-order valence-electron chi connectivity index (χ4n) is 2.96. The van der Waals surface area contributed by atoms with Gasteiger partial charge in [-0.05, 0) is 37.3 Å². The number of benzene rings is 2. The average Bonchev–Trinajstić information content (AvgIpc) is 2.55. The van der Waals surface area contributed by atoms with Gasteiger partial charge in [-0.1, -0.05) is 18.2 Å². The number of anilines is 1. The summed E-state index contributed by atoms with van der Waals surface area (Å²) < 4.78 is 12.6. The summed E-state index contributed by atoms with van der Waals surface area (Å²) in [6.07, 6.45) is 6.19. The number of hydrogen-bond acceptors (Lipinski definition) is 3. The summed E-state index contributed by atoms with van der Waals surface area (Å²) in [4.78, 5) is 2.06. The maximum Gasteiger partial charge on any atom is 0.294 e. The quantitative estimate of drug-likeness (QED) is 0.782. The Balaban J connectivity index is 1.78. The molecule has 116 valence electrons. The Morgan fingerprint density at radius 2 is 1.70 bits per heavy atom. The maximum absolute atomic E-state index is 6.32. The molecule has 2 aliphatic heterocycles. The first-order valence-electron chi connectivity index (χ1n) is 7.74. The molecule has 0 aliphatic carbocycles. The summed E-state index contributed by atoms with van der Waals surface area (Å²) in [7, 11) is 4.04. The molecule has 3 heteroatoms. The third-order valence-electron chi connectivity index (χ3n) is 4.36. The molecule has 1 atom stereocenters. The van der Waals surface area contributed by atoms with Gasteiger partial charge in [0.1, 0.15) is 11.5 Å². The number of fused-ring (bicyclic) bond motifs is 2. The zero-order valence-electron chi connectivity index (χ0n) is 13.5. The van der Waals surface area contributed by atoms with Crippen molar-refractivity contribution in [3.63, 3.8) is 0 Å². The van der Waals surface area contributed by atoms with Crippen LogP contribution in [-0.4, -0.2) is 19.9 Å². The van der Waals surface area contributed by atoms with E-state index in [1.807, 2.05) is 51.4 Å². The molecule has 4 rings (SSSR count). The van der Waals surface area contributed by atoms with E-state index in [4.69, 9.17) is 9.47 Å². The molecular weight excluding hydrogens is 286 g/mol. The topological polar surface area (TPSA) is 21.7 Å². The lowest BCUT2D eigenvalue weighted by Crippen LogP contribution is -2.44. The van der Waals surface area contributed by atoms with Crippen LogP contribution in [0.4, 0.5) is 5.69 Å². The van der Waals surface area contributed by atoms with E-state index < -0.39 is 5.79 Å². The van der Waals surface area contributed by atoms with Crippen molar-refractivity contribution in [3.05, 3.63) is 65.2 Å². The highest BCUT2D eigenvalue weighted by atomic mass is 16.7. The van der Waals surface area contributed by atoms with Crippen LogP contribution in [0.15, 0.2) is 54.1 Å². The highest BCUT2D eigenvalue weighted by Gasteiger charge is 2.40. The zero-order chi connectivity index (χ0) is 16.0.